The number of pyridine rings is 1. The van der Waals surface area contributed by atoms with Gasteiger partial charge in [0.15, 0.2) is 0 Å². The summed E-state index contributed by atoms with van der Waals surface area (Å²) in [6, 6.07) is 9.60. The number of aliphatic carboxylic acids is 1. The summed E-state index contributed by atoms with van der Waals surface area (Å²) in [6.07, 6.45) is 0. The Balaban J connectivity index is 2.62. The lowest BCUT2D eigenvalue weighted by Crippen LogP contribution is -2.18. The number of carboxylic acid groups (broad SMARTS) is 1. The van der Waals surface area contributed by atoms with Crippen molar-refractivity contribution in [3.63, 3.8) is 0 Å². The molecule has 0 fully saturated rings. The summed E-state index contributed by atoms with van der Waals surface area (Å²) in [4.78, 5) is 15.8. The highest BCUT2D eigenvalue weighted by molar-refractivity contribution is 9.10. The number of hydrogen-bond acceptors (Lipinski definition) is 2. The summed E-state index contributed by atoms with van der Waals surface area (Å²) in [5.41, 5.74) is 1.59. The van der Waals surface area contributed by atoms with Gasteiger partial charge < -0.3 is 5.11 Å². The number of rotatable bonds is 3. The van der Waals surface area contributed by atoms with E-state index in [0.717, 1.165) is 16.5 Å². The molecule has 0 radical (unpaired) electrons. The van der Waals surface area contributed by atoms with Crippen LogP contribution in [0.1, 0.15) is 25.3 Å². The van der Waals surface area contributed by atoms with Gasteiger partial charge in [-0.1, -0.05) is 32.0 Å². The van der Waals surface area contributed by atoms with Crippen LogP contribution in [0.2, 0.25) is 0 Å². The van der Waals surface area contributed by atoms with Crippen LogP contribution in [-0.4, -0.2) is 16.1 Å². The van der Waals surface area contributed by atoms with Crippen LogP contribution in [0, 0.1) is 5.92 Å². The van der Waals surface area contributed by atoms with E-state index in [0.29, 0.717) is 4.60 Å². The van der Waals surface area contributed by atoms with Crippen LogP contribution in [-0.2, 0) is 4.79 Å². The van der Waals surface area contributed by atoms with Crippen LogP contribution in [0.15, 0.2) is 34.9 Å². The first kappa shape index (κ1) is 13.0. The van der Waals surface area contributed by atoms with Gasteiger partial charge in [-0.15, -0.1) is 0 Å². The van der Waals surface area contributed by atoms with E-state index in [9.17, 15) is 9.90 Å². The molecule has 2 aromatic rings. The van der Waals surface area contributed by atoms with Crippen molar-refractivity contribution in [2.24, 2.45) is 5.92 Å². The summed E-state index contributed by atoms with van der Waals surface area (Å²) >= 11 is 3.38. The van der Waals surface area contributed by atoms with Gasteiger partial charge in [-0.05, 0) is 34.0 Å². The molecule has 1 heterocycles. The molecular formula is C14H14BrNO2. The van der Waals surface area contributed by atoms with Gasteiger partial charge in [-0.3, -0.25) is 4.79 Å². The number of para-hydroxylation sites is 1. The number of hydrogen-bond donors (Lipinski definition) is 1. The van der Waals surface area contributed by atoms with Crippen molar-refractivity contribution in [3.8, 4) is 0 Å². The number of nitrogens with zero attached hydrogens (tertiary/aromatic N) is 1. The van der Waals surface area contributed by atoms with Gasteiger partial charge >= 0.3 is 5.97 Å². The Labute approximate surface area is 114 Å². The minimum absolute atomic E-state index is 0.0155. The molecule has 1 aromatic carbocycles. The van der Waals surface area contributed by atoms with Crippen LogP contribution in [0.3, 0.4) is 0 Å². The number of aromatic nitrogens is 1. The van der Waals surface area contributed by atoms with E-state index in [1.54, 1.807) is 0 Å². The van der Waals surface area contributed by atoms with Crippen molar-refractivity contribution in [1.82, 2.24) is 4.98 Å². The van der Waals surface area contributed by atoms with Gasteiger partial charge in [-0.25, -0.2) is 4.98 Å². The lowest BCUT2D eigenvalue weighted by Gasteiger charge is -2.18. The van der Waals surface area contributed by atoms with Gasteiger partial charge in [0.2, 0.25) is 0 Å². The fourth-order valence-corrected chi connectivity index (χ4v) is 2.66. The molecule has 0 aliphatic rings. The third kappa shape index (κ3) is 2.38. The maximum atomic E-state index is 11.4. The molecule has 1 unspecified atom stereocenters. The zero-order valence-corrected chi connectivity index (χ0v) is 11.8. The molecule has 3 nitrogen and oxygen atoms in total. The van der Waals surface area contributed by atoms with Crippen LogP contribution in [0.25, 0.3) is 10.9 Å². The van der Waals surface area contributed by atoms with E-state index < -0.39 is 11.9 Å². The molecular weight excluding hydrogens is 294 g/mol. The van der Waals surface area contributed by atoms with Crippen molar-refractivity contribution in [1.29, 1.82) is 0 Å². The van der Waals surface area contributed by atoms with E-state index in [2.05, 4.69) is 20.9 Å². The first-order valence-electron chi connectivity index (χ1n) is 5.78. The highest BCUT2D eigenvalue weighted by Crippen LogP contribution is 2.32. The second-order valence-corrected chi connectivity index (χ2v) is 5.37. The Bertz CT molecular complexity index is 595. The molecule has 4 heteroatoms. The van der Waals surface area contributed by atoms with Gasteiger partial charge in [0.05, 0.1) is 11.4 Å². The summed E-state index contributed by atoms with van der Waals surface area (Å²) < 4.78 is 0.613. The quantitative estimate of drug-likeness (QED) is 0.877. The maximum absolute atomic E-state index is 11.4. The van der Waals surface area contributed by atoms with Crippen molar-refractivity contribution < 1.29 is 9.90 Å². The Kier molecular flexibility index (Phi) is 3.66. The van der Waals surface area contributed by atoms with Crippen LogP contribution >= 0.6 is 15.9 Å². The van der Waals surface area contributed by atoms with Crippen molar-refractivity contribution in [3.05, 3.63) is 40.5 Å². The lowest BCUT2D eigenvalue weighted by molar-refractivity contribution is -0.139. The monoisotopic (exact) mass is 307 g/mol. The Hall–Kier alpha value is -1.42. The number of benzene rings is 1. The fraction of sp³-hybridized carbons (Fsp3) is 0.286. The van der Waals surface area contributed by atoms with Gasteiger partial charge in [0, 0.05) is 10.9 Å². The van der Waals surface area contributed by atoms with Crippen molar-refractivity contribution in [2.75, 3.05) is 0 Å². The van der Waals surface area contributed by atoms with Gasteiger partial charge in [0.1, 0.15) is 4.60 Å². The molecule has 0 amide bonds. The van der Waals surface area contributed by atoms with Crippen LogP contribution < -0.4 is 0 Å². The number of halogens is 1. The third-order valence-corrected chi connectivity index (χ3v) is 3.61. The third-order valence-electron chi connectivity index (χ3n) is 2.97. The predicted octanol–water partition coefficient (Wildman–Crippen LogP) is 3.82. The topological polar surface area (TPSA) is 50.2 Å². The second kappa shape index (κ2) is 5.06. The van der Waals surface area contributed by atoms with E-state index in [1.807, 2.05) is 44.2 Å². The van der Waals surface area contributed by atoms with Crippen molar-refractivity contribution >= 4 is 32.8 Å². The molecule has 1 aromatic heterocycles. The fourth-order valence-electron chi connectivity index (χ4n) is 2.10. The van der Waals surface area contributed by atoms with Crippen LogP contribution in [0.4, 0.5) is 0 Å². The highest BCUT2D eigenvalue weighted by atomic mass is 79.9. The first-order chi connectivity index (χ1) is 8.50. The lowest BCUT2D eigenvalue weighted by atomic mass is 9.89. The zero-order valence-electron chi connectivity index (χ0n) is 10.2. The molecule has 1 atom stereocenters. The molecule has 94 valence electrons. The molecule has 0 bridgehead atoms. The average molecular weight is 308 g/mol. The molecule has 0 saturated carbocycles. The molecule has 0 aliphatic carbocycles. The second-order valence-electron chi connectivity index (χ2n) is 4.62. The minimum atomic E-state index is -0.817. The standard InChI is InChI=1S/C14H14BrNO2/c1-8(2)12(14(17)18)10-7-9-5-3-4-6-11(9)16-13(10)15/h3-8,12H,1-2H3,(H,17,18). The Morgan fingerprint density at radius 2 is 2.00 bits per heavy atom. The van der Waals surface area contributed by atoms with Gasteiger partial charge in [0.25, 0.3) is 0 Å². The number of carbonyl (C=O) groups is 1. The number of carboxylic acids is 1. The van der Waals surface area contributed by atoms with Gasteiger partial charge in [-0.2, -0.15) is 0 Å². The predicted molar refractivity (Wildman–Crippen MR) is 74.7 cm³/mol. The Morgan fingerprint density at radius 1 is 1.33 bits per heavy atom. The summed E-state index contributed by atoms with van der Waals surface area (Å²) in [5, 5.41) is 10.3. The molecule has 0 aliphatic heterocycles. The Morgan fingerprint density at radius 3 is 2.61 bits per heavy atom. The van der Waals surface area contributed by atoms with E-state index in [-0.39, 0.29) is 5.92 Å². The molecule has 2 rings (SSSR count). The zero-order chi connectivity index (χ0) is 13.3. The largest absolute Gasteiger partial charge is 0.481 e. The van der Waals surface area contributed by atoms with E-state index in [1.165, 1.54) is 0 Å². The van der Waals surface area contributed by atoms with E-state index >= 15 is 0 Å². The smallest absolute Gasteiger partial charge is 0.311 e. The highest BCUT2D eigenvalue weighted by Gasteiger charge is 2.26. The van der Waals surface area contributed by atoms with Crippen LogP contribution in [0.5, 0.6) is 0 Å². The molecule has 0 saturated heterocycles. The average Bonchev–Trinajstić information content (AvgIpc) is 2.29. The SMILES string of the molecule is CC(C)C(C(=O)O)c1cc2ccccc2nc1Br. The molecule has 0 spiro atoms. The summed E-state index contributed by atoms with van der Waals surface area (Å²) in [7, 11) is 0. The first-order valence-corrected chi connectivity index (χ1v) is 6.58. The number of fused-ring (bicyclic) bond motifs is 1. The minimum Gasteiger partial charge on any atom is -0.481 e. The van der Waals surface area contributed by atoms with E-state index in [4.69, 9.17) is 0 Å². The maximum Gasteiger partial charge on any atom is 0.311 e. The summed E-state index contributed by atoms with van der Waals surface area (Å²) in [6.45, 7) is 3.81. The molecule has 18 heavy (non-hydrogen) atoms. The normalized spacial score (nSPS) is 12.9. The molecule has 1 N–H and O–H groups in total. The van der Waals surface area contributed by atoms with Crippen molar-refractivity contribution in [2.45, 2.75) is 19.8 Å². The summed E-state index contributed by atoms with van der Waals surface area (Å²) in [5.74, 6) is -1.35.